The van der Waals surface area contributed by atoms with Crippen molar-refractivity contribution in [3.05, 3.63) is 71.3 Å². The first-order chi connectivity index (χ1) is 14.5. The number of ether oxygens (including phenoxy) is 2. The smallest absolute Gasteiger partial charge is 0.308 e. The molecule has 2 aromatic carbocycles. The fourth-order valence-electron chi connectivity index (χ4n) is 3.03. The number of amides is 2. The minimum atomic E-state index is -0.449. The highest BCUT2D eigenvalue weighted by atomic mass is 16.5. The maximum atomic E-state index is 12.5. The summed E-state index contributed by atoms with van der Waals surface area (Å²) in [6.45, 7) is 2.97. The number of carbonyl (C=O) groups excluding carboxylic acids is 3. The van der Waals surface area contributed by atoms with E-state index in [9.17, 15) is 14.4 Å². The van der Waals surface area contributed by atoms with Crippen molar-refractivity contribution < 1.29 is 23.9 Å². The molecule has 0 radical (unpaired) electrons. The van der Waals surface area contributed by atoms with Crippen LogP contribution in [0.3, 0.4) is 0 Å². The largest absolute Gasteiger partial charge is 0.427 e. The van der Waals surface area contributed by atoms with Gasteiger partial charge >= 0.3 is 5.97 Å². The van der Waals surface area contributed by atoms with E-state index in [1.807, 2.05) is 12.1 Å². The molecule has 0 saturated carbocycles. The van der Waals surface area contributed by atoms with Gasteiger partial charge in [-0.25, -0.2) is 0 Å². The summed E-state index contributed by atoms with van der Waals surface area (Å²) in [7, 11) is 0. The third kappa shape index (κ3) is 6.56. The second-order valence-corrected chi connectivity index (χ2v) is 6.91. The first-order valence-electron chi connectivity index (χ1n) is 9.73. The van der Waals surface area contributed by atoms with Crippen molar-refractivity contribution in [2.24, 2.45) is 0 Å². The van der Waals surface area contributed by atoms with Crippen LogP contribution in [-0.4, -0.2) is 31.0 Å². The van der Waals surface area contributed by atoms with Crippen molar-refractivity contribution in [2.75, 3.05) is 18.5 Å². The molecule has 3 rings (SSSR count). The summed E-state index contributed by atoms with van der Waals surface area (Å²) in [5.41, 5.74) is 2.93. The molecule has 30 heavy (non-hydrogen) atoms. The van der Waals surface area contributed by atoms with Crippen LogP contribution >= 0.6 is 0 Å². The molecule has 0 aliphatic carbocycles. The Morgan fingerprint density at radius 2 is 1.83 bits per heavy atom. The van der Waals surface area contributed by atoms with Crippen molar-refractivity contribution in [1.82, 2.24) is 5.32 Å². The number of nitrogens with one attached hydrogen (secondary N) is 2. The van der Waals surface area contributed by atoms with Gasteiger partial charge in [0.15, 0.2) is 0 Å². The van der Waals surface area contributed by atoms with Crippen LogP contribution in [0.4, 0.5) is 5.69 Å². The monoisotopic (exact) mass is 408 g/mol. The lowest BCUT2D eigenvalue weighted by molar-refractivity contribution is -0.131. The summed E-state index contributed by atoms with van der Waals surface area (Å²) < 4.78 is 10.3. The Balaban J connectivity index is 1.58. The van der Waals surface area contributed by atoms with Crippen LogP contribution in [0, 0.1) is 0 Å². The SMILES string of the molecule is CC(=O)Oc1cccc(C(=O)Nc2cccc(CNC(=O)C=C3CCOCC3)c2)c1. The zero-order valence-corrected chi connectivity index (χ0v) is 16.8. The number of esters is 1. The topological polar surface area (TPSA) is 93.7 Å². The van der Waals surface area contributed by atoms with Gasteiger partial charge in [0, 0.05) is 30.8 Å². The van der Waals surface area contributed by atoms with Crippen LogP contribution < -0.4 is 15.4 Å². The normalized spacial score (nSPS) is 13.3. The van der Waals surface area contributed by atoms with E-state index in [2.05, 4.69) is 10.6 Å². The molecule has 2 aromatic rings. The number of rotatable bonds is 6. The van der Waals surface area contributed by atoms with Gasteiger partial charge in [-0.1, -0.05) is 23.8 Å². The summed E-state index contributed by atoms with van der Waals surface area (Å²) in [6.07, 6.45) is 3.21. The molecule has 0 aromatic heterocycles. The Morgan fingerprint density at radius 1 is 1.07 bits per heavy atom. The molecule has 0 unspecified atom stereocenters. The van der Waals surface area contributed by atoms with Crippen LogP contribution in [0.25, 0.3) is 0 Å². The predicted octanol–water partition coefficient (Wildman–Crippen LogP) is 3.22. The molecular formula is C23H24N2O5. The molecule has 0 atom stereocenters. The van der Waals surface area contributed by atoms with Crippen LogP contribution in [0.1, 0.15) is 35.7 Å². The third-order valence-corrected chi connectivity index (χ3v) is 4.48. The lowest BCUT2D eigenvalue weighted by Gasteiger charge is -2.14. The maximum absolute atomic E-state index is 12.5. The molecular weight excluding hydrogens is 384 g/mol. The van der Waals surface area contributed by atoms with Crippen molar-refractivity contribution >= 4 is 23.5 Å². The Labute approximate surface area is 175 Å². The van der Waals surface area contributed by atoms with E-state index in [1.54, 1.807) is 36.4 Å². The first kappa shape index (κ1) is 21.3. The molecule has 0 bridgehead atoms. The van der Waals surface area contributed by atoms with Crippen LogP contribution in [0.15, 0.2) is 60.2 Å². The molecule has 156 valence electrons. The van der Waals surface area contributed by atoms with E-state index < -0.39 is 5.97 Å². The fourth-order valence-corrected chi connectivity index (χ4v) is 3.03. The number of anilines is 1. The lowest BCUT2D eigenvalue weighted by atomic mass is 10.1. The molecule has 2 amide bonds. The minimum Gasteiger partial charge on any atom is -0.427 e. The average molecular weight is 408 g/mol. The minimum absolute atomic E-state index is 0.136. The second kappa shape index (κ2) is 10.4. The highest BCUT2D eigenvalue weighted by Gasteiger charge is 2.10. The van der Waals surface area contributed by atoms with Crippen LogP contribution in [-0.2, 0) is 20.9 Å². The van der Waals surface area contributed by atoms with Gasteiger partial charge in [0.25, 0.3) is 5.91 Å². The molecule has 1 aliphatic heterocycles. The number of hydrogen-bond donors (Lipinski definition) is 2. The van der Waals surface area contributed by atoms with Crippen molar-refractivity contribution in [3.8, 4) is 5.75 Å². The average Bonchev–Trinajstić information content (AvgIpc) is 2.73. The third-order valence-electron chi connectivity index (χ3n) is 4.48. The molecule has 7 nitrogen and oxygen atoms in total. The van der Waals surface area contributed by atoms with E-state index in [1.165, 1.54) is 13.0 Å². The summed E-state index contributed by atoms with van der Waals surface area (Å²) in [5, 5.41) is 5.68. The zero-order chi connectivity index (χ0) is 21.3. The highest BCUT2D eigenvalue weighted by molar-refractivity contribution is 6.04. The molecule has 1 aliphatic rings. The van der Waals surface area contributed by atoms with Crippen LogP contribution in [0.2, 0.25) is 0 Å². The van der Waals surface area contributed by atoms with Gasteiger partial charge in [0.05, 0.1) is 13.2 Å². The van der Waals surface area contributed by atoms with Gasteiger partial charge in [-0.05, 0) is 48.7 Å². The van der Waals surface area contributed by atoms with Crippen molar-refractivity contribution in [3.63, 3.8) is 0 Å². The highest BCUT2D eigenvalue weighted by Crippen LogP contribution is 2.17. The summed E-state index contributed by atoms with van der Waals surface area (Å²) in [4.78, 5) is 35.7. The van der Waals surface area contributed by atoms with E-state index >= 15 is 0 Å². The van der Waals surface area contributed by atoms with Gasteiger partial charge < -0.3 is 20.1 Å². The number of carbonyl (C=O) groups is 3. The van der Waals surface area contributed by atoms with E-state index in [0.29, 0.717) is 36.8 Å². The number of benzene rings is 2. The Hall–Kier alpha value is -3.45. The Kier molecular flexibility index (Phi) is 7.34. The molecule has 2 N–H and O–H groups in total. The summed E-state index contributed by atoms with van der Waals surface area (Å²) in [5.74, 6) is -0.599. The van der Waals surface area contributed by atoms with Crippen molar-refractivity contribution in [2.45, 2.75) is 26.3 Å². The quantitative estimate of drug-likeness (QED) is 0.435. The van der Waals surface area contributed by atoms with E-state index in [-0.39, 0.29) is 11.8 Å². The fraction of sp³-hybridized carbons (Fsp3) is 0.261. The number of hydrogen-bond acceptors (Lipinski definition) is 5. The van der Waals surface area contributed by atoms with Gasteiger partial charge in [0.1, 0.15) is 5.75 Å². The van der Waals surface area contributed by atoms with E-state index in [4.69, 9.17) is 9.47 Å². The van der Waals surface area contributed by atoms with Gasteiger partial charge in [-0.3, -0.25) is 14.4 Å². The molecule has 7 heteroatoms. The molecule has 1 saturated heterocycles. The standard InChI is InChI=1S/C23H24N2O5/c1-16(26)30-21-7-3-5-19(14-21)23(28)25-20-6-2-4-18(12-20)15-24-22(27)13-17-8-10-29-11-9-17/h2-7,12-14H,8-11,15H2,1H3,(H,24,27)(H,25,28). The van der Waals surface area contributed by atoms with Crippen molar-refractivity contribution in [1.29, 1.82) is 0 Å². The van der Waals surface area contributed by atoms with E-state index in [0.717, 1.165) is 24.0 Å². The van der Waals surface area contributed by atoms with Gasteiger partial charge in [0.2, 0.25) is 5.91 Å². The Morgan fingerprint density at radius 3 is 2.60 bits per heavy atom. The first-order valence-corrected chi connectivity index (χ1v) is 9.73. The zero-order valence-electron chi connectivity index (χ0n) is 16.8. The van der Waals surface area contributed by atoms with Crippen LogP contribution in [0.5, 0.6) is 5.75 Å². The summed E-state index contributed by atoms with van der Waals surface area (Å²) >= 11 is 0. The second-order valence-electron chi connectivity index (χ2n) is 6.91. The molecule has 0 spiro atoms. The van der Waals surface area contributed by atoms with Gasteiger partial charge in [-0.2, -0.15) is 0 Å². The molecule has 1 fully saturated rings. The maximum Gasteiger partial charge on any atom is 0.308 e. The predicted molar refractivity (Wildman–Crippen MR) is 112 cm³/mol. The van der Waals surface area contributed by atoms with Gasteiger partial charge in [-0.15, -0.1) is 0 Å². The lowest BCUT2D eigenvalue weighted by Crippen LogP contribution is -2.22. The summed E-state index contributed by atoms with van der Waals surface area (Å²) in [6, 6.07) is 13.6. The molecule has 1 heterocycles. The Bertz CT molecular complexity index is 960.